The van der Waals surface area contributed by atoms with Crippen LogP contribution in [0.15, 0.2) is 46.1 Å². The van der Waals surface area contributed by atoms with Crippen molar-refractivity contribution in [1.82, 2.24) is 8.87 Å². The van der Waals surface area contributed by atoms with E-state index < -0.39 is 10.0 Å². The van der Waals surface area contributed by atoms with Gasteiger partial charge < -0.3 is 9.30 Å². The number of benzene rings is 1. The Bertz CT molecular complexity index is 1030. The molecule has 1 saturated heterocycles. The van der Waals surface area contributed by atoms with Crippen molar-refractivity contribution >= 4 is 10.0 Å². The first-order chi connectivity index (χ1) is 13.5. The van der Waals surface area contributed by atoms with Gasteiger partial charge in [0.25, 0.3) is 5.56 Å². The Kier molecular flexibility index (Phi) is 5.92. The number of sulfonamides is 1. The van der Waals surface area contributed by atoms with Gasteiger partial charge in [0.2, 0.25) is 10.0 Å². The molecule has 1 aliphatic heterocycles. The third kappa shape index (κ3) is 4.73. The maximum atomic E-state index is 13.0. The van der Waals surface area contributed by atoms with E-state index in [2.05, 4.69) is 20.8 Å². The number of aryl methyl sites for hydroxylation is 1. The highest BCUT2D eigenvalue weighted by Crippen LogP contribution is 2.27. The molecule has 1 aromatic carbocycles. The van der Waals surface area contributed by atoms with E-state index in [0.29, 0.717) is 36.6 Å². The Balaban J connectivity index is 1.66. The number of rotatable bonds is 4. The van der Waals surface area contributed by atoms with Crippen LogP contribution in [0.1, 0.15) is 44.9 Å². The van der Waals surface area contributed by atoms with Crippen molar-refractivity contribution in [3.8, 4) is 5.75 Å². The molecule has 0 bridgehead atoms. The molecular formula is C22H30N2O4S. The van der Waals surface area contributed by atoms with Crippen LogP contribution < -0.4 is 10.3 Å². The molecule has 0 radical (unpaired) electrons. The van der Waals surface area contributed by atoms with Crippen LogP contribution in [0.25, 0.3) is 0 Å². The lowest BCUT2D eigenvalue weighted by atomic mass is 9.87. The summed E-state index contributed by atoms with van der Waals surface area (Å²) < 4.78 is 35.0. The third-order valence-electron chi connectivity index (χ3n) is 5.54. The second-order valence-corrected chi connectivity index (χ2v) is 10.7. The quantitative estimate of drug-likeness (QED) is 0.765. The summed E-state index contributed by atoms with van der Waals surface area (Å²) in [6.07, 6.45) is 1.08. The van der Waals surface area contributed by atoms with Crippen molar-refractivity contribution < 1.29 is 13.2 Å². The van der Waals surface area contributed by atoms with Gasteiger partial charge in [0.05, 0.1) is 4.90 Å². The molecule has 29 heavy (non-hydrogen) atoms. The maximum Gasteiger partial charge on any atom is 0.254 e. The number of piperidine rings is 1. The molecule has 6 nitrogen and oxygen atoms in total. The van der Waals surface area contributed by atoms with Gasteiger partial charge in [0.15, 0.2) is 0 Å². The Morgan fingerprint density at radius 3 is 2.14 bits per heavy atom. The molecule has 1 aliphatic rings. The number of ether oxygens (including phenoxy) is 1. The third-order valence-corrected chi connectivity index (χ3v) is 7.45. The lowest BCUT2D eigenvalue weighted by molar-refractivity contribution is 0.134. The molecule has 0 aliphatic carbocycles. The van der Waals surface area contributed by atoms with E-state index in [-0.39, 0.29) is 17.1 Å². The molecule has 0 atom stereocenters. The standard InChI is InChI=1S/C22H30N2O4S/c1-16-14-19(15-21(25)23(16)5)28-18-10-12-24(13-11-18)29(26,27)20-8-6-17(7-9-20)22(2,3)4/h6-9,14-15,18H,10-13H2,1-5H3. The van der Waals surface area contributed by atoms with E-state index >= 15 is 0 Å². The minimum absolute atomic E-state index is 0.0191. The summed E-state index contributed by atoms with van der Waals surface area (Å²) in [7, 11) is -1.79. The summed E-state index contributed by atoms with van der Waals surface area (Å²) in [4.78, 5) is 12.2. The highest BCUT2D eigenvalue weighted by Gasteiger charge is 2.30. The molecule has 3 rings (SSSR count). The number of aromatic nitrogens is 1. The molecule has 1 aromatic heterocycles. The van der Waals surface area contributed by atoms with Gasteiger partial charge in [-0.2, -0.15) is 4.31 Å². The van der Waals surface area contributed by atoms with Crippen LogP contribution in [0.5, 0.6) is 5.75 Å². The van der Waals surface area contributed by atoms with E-state index in [9.17, 15) is 13.2 Å². The predicted molar refractivity (Wildman–Crippen MR) is 114 cm³/mol. The molecule has 0 saturated carbocycles. The maximum absolute atomic E-state index is 13.0. The number of nitrogens with zero attached hydrogens (tertiary/aromatic N) is 2. The number of hydrogen-bond donors (Lipinski definition) is 0. The number of hydrogen-bond acceptors (Lipinski definition) is 4. The van der Waals surface area contributed by atoms with Gasteiger partial charge in [-0.15, -0.1) is 0 Å². The van der Waals surface area contributed by atoms with Crippen molar-refractivity contribution in [2.45, 2.75) is 57.0 Å². The summed E-state index contributed by atoms with van der Waals surface area (Å²) in [6, 6.07) is 10.5. The Morgan fingerprint density at radius 1 is 1.03 bits per heavy atom. The van der Waals surface area contributed by atoms with E-state index in [1.807, 2.05) is 25.1 Å². The monoisotopic (exact) mass is 418 g/mol. The van der Waals surface area contributed by atoms with Crippen molar-refractivity contribution in [1.29, 1.82) is 0 Å². The van der Waals surface area contributed by atoms with Crippen LogP contribution in [0.3, 0.4) is 0 Å². The summed E-state index contributed by atoms with van der Waals surface area (Å²) in [5.74, 6) is 0.546. The van der Waals surface area contributed by atoms with E-state index in [0.717, 1.165) is 11.3 Å². The van der Waals surface area contributed by atoms with Crippen molar-refractivity contribution in [2.24, 2.45) is 7.05 Å². The molecule has 0 spiro atoms. The topological polar surface area (TPSA) is 68.6 Å². The molecule has 0 N–H and O–H groups in total. The van der Waals surface area contributed by atoms with Crippen LogP contribution in [-0.4, -0.2) is 36.5 Å². The SMILES string of the molecule is Cc1cc(OC2CCN(S(=O)(=O)c3ccc(C(C)(C)C)cc3)CC2)cc(=O)n1C. The first kappa shape index (κ1) is 21.6. The highest BCUT2D eigenvalue weighted by atomic mass is 32.2. The van der Waals surface area contributed by atoms with Gasteiger partial charge in [-0.05, 0) is 48.9 Å². The molecule has 0 amide bonds. The average Bonchev–Trinajstić information content (AvgIpc) is 2.66. The zero-order valence-corrected chi connectivity index (χ0v) is 18.6. The van der Waals surface area contributed by atoms with E-state index in [4.69, 9.17) is 4.74 Å². The average molecular weight is 419 g/mol. The Hall–Kier alpha value is -2.12. The Morgan fingerprint density at radius 2 is 1.62 bits per heavy atom. The molecule has 1 fully saturated rings. The van der Waals surface area contributed by atoms with Crippen LogP contribution in [-0.2, 0) is 22.5 Å². The van der Waals surface area contributed by atoms with E-state index in [1.54, 1.807) is 23.7 Å². The molecule has 2 heterocycles. The Labute approximate surface area is 173 Å². The normalized spacial score (nSPS) is 16.7. The van der Waals surface area contributed by atoms with Gasteiger partial charge in [0, 0.05) is 31.9 Å². The highest BCUT2D eigenvalue weighted by molar-refractivity contribution is 7.89. The first-order valence-electron chi connectivity index (χ1n) is 9.93. The zero-order chi connectivity index (χ0) is 21.4. The van der Waals surface area contributed by atoms with Crippen LogP contribution >= 0.6 is 0 Å². The lowest BCUT2D eigenvalue weighted by Crippen LogP contribution is -2.41. The second kappa shape index (κ2) is 7.95. The molecule has 0 unspecified atom stereocenters. The van der Waals surface area contributed by atoms with Gasteiger partial charge in [-0.25, -0.2) is 8.42 Å². The first-order valence-corrected chi connectivity index (χ1v) is 11.4. The molecule has 7 heteroatoms. The van der Waals surface area contributed by atoms with Crippen LogP contribution in [0.2, 0.25) is 0 Å². The fourth-order valence-corrected chi connectivity index (χ4v) is 4.93. The summed E-state index contributed by atoms with van der Waals surface area (Å²) in [6.45, 7) is 8.96. The molecule has 2 aromatic rings. The zero-order valence-electron chi connectivity index (χ0n) is 17.8. The van der Waals surface area contributed by atoms with Crippen molar-refractivity contribution in [2.75, 3.05) is 13.1 Å². The summed E-state index contributed by atoms with van der Waals surface area (Å²) >= 11 is 0. The minimum Gasteiger partial charge on any atom is -0.490 e. The van der Waals surface area contributed by atoms with Crippen molar-refractivity contribution in [3.05, 3.63) is 58.0 Å². The molecule has 158 valence electrons. The largest absolute Gasteiger partial charge is 0.490 e. The number of pyridine rings is 1. The second-order valence-electron chi connectivity index (χ2n) is 8.73. The minimum atomic E-state index is -3.52. The van der Waals surface area contributed by atoms with Gasteiger partial charge in [-0.3, -0.25) is 4.79 Å². The summed E-state index contributed by atoms with van der Waals surface area (Å²) in [5, 5.41) is 0. The van der Waals surface area contributed by atoms with Crippen LogP contribution in [0.4, 0.5) is 0 Å². The van der Waals surface area contributed by atoms with E-state index in [1.165, 1.54) is 10.4 Å². The van der Waals surface area contributed by atoms with Crippen LogP contribution in [0, 0.1) is 6.92 Å². The smallest absolute Gasteiger partial charge is 0.254 e. The lowest BCUT2D eigenvalue weighted by Gasteiger charge is -2.31. The van der Waals surface area contributed by atoms with Crippen molar-refractivity contribution in [3.63, 3.8) is 0 Å². The summed E-state index contributed by atoms with van der Waals surface area (Å²) in [5.41, 5.74) is 1.80. The van der Waals surface area contributed by atoms with Gasteiger partial charge >= 0.3 is 0 Å². The fraction of sp³-hybridized carbons (Fsp3) is 0.500. The molecular weight excluding hydrogens is 388 g/mol. The van der Waals surface area contributed by atoms with Gasteiger partial charge in [-0.1, -0.05) is 32.9 Å². The predicted octanol–water partition coefficient (Wildman–Crippen LogP) is 3.22. The van der Waals surface area contributed by atoms with Gasteiger partial charge in [0.1, 0.15) is 11.9 Å². The fourth-order valence-electron chi connectivity index (χ4n) is 3.46.